The molecule has 2 atom stereocenters. The zero-order chi connectivity index (χ0) is 26.0. The summed E-state index contributed by atoms with van der Waals surface area (Å²) in [6.07, 6.45) is 4.65. The maximum atomic E-state index is 12.5. The average molecular weight is 534 g/mol. The third kappa shape index (κ3) is 8.10. The van der Waals surface area contributed by atoms with Crippen LogP contribution < -0.4 is 10.6 Å². The molecule has 0 radical (unpaired) electrons. The van der Waals surface area contributed by atoms with Crippen LogP contribution in [0.2, 0.25) is 0 Å². The number of carbonyl (C=O) groups excluding carboxylic acids is 2. The molecule has 7 nitrogen and oxygen atoms in total. The minimum absolute atomic E-state index is 0.0932. The molecular weight excluding hydrogens is 502 g/mol. The second-order valence-electron chi connectivity index (χ2n) is 9.02. The van der Waals surface area contributed by atoms with Gasteiger partial charge in [0.25, 0.3) is 0 Å². The van der Waals surface area contributed by atoms with Gasteiger partial charge < -0.3 is 10.6 Å². The molecule has 192 valence electrons. The molecule has 0 bridgehead atoms. The maximum absolute atomic E-state index is 12.5. The summed E-state index contributed by atoms with van der Waals surface area (Å²) in [6, 6.07) is 19.3. The van der Waals surface area contributed by atoms with Gasteiger partial charge in [-0.2, -0.15) is 0 Å². The third-order valence-corrected chi connectivity index (χ3v) is 8.33. The van der Waals surface area contributed by atoms with Gasteiger partial charge in [0.2, 0.25) is 16.9 Å². The van der Waals surface area contributed by atoms with Crippen LogP contribution in [0.4, 0.5) is 5.13 Å². The number of aromatic nitrogens is 2. The van der Waals surface area contributed by atoms with Crippen LogP contribution in [0.5, 0.6) is 0 Å². The Labute approximate surface area is 225 Å². The highest BCUT2D eigenvalue weighted by molar-refractivity contribution is 8.17. The Morgan fingerprint density at radius 3 is 2.30 bits per heavy atom. The highest BCUT2D eigenvalue weighted by Crippen LogP contribution is 2.43. The van der Waals surface area contributed by atoms with Crippen molar-refractivity contribution in [3.63, 3.8) is 0 Å². The first-order valence-corrected chi connectivity index (χ1v) is 14.0. The number of anilines is 1. The summed E-state index contributed by atoms with van der Waals surface area (Å²) in [5.74, 6) is 0.361. The highest BCUT2D eigenvalue weighted by Gasteiger charge is 2.28. The van der Waals surface area contributed by atoms with Gasteiger partial charge in [0.1, 0.15) is 5.01 Å². The van der Waals surface area contributed by atoms with Crippen molar-refractivity contribution in [3.05, 3.63) is 88.3 Å². The molecule has 1 aromatic heterocycles. The number of nitrogens with zero attached hydrogens (tertiary/aromatic N) is 3. The Bertz CT molecular complexity index is 1240. The van der Waals surface area contributed by atoms with Gasteiger partial charge >= 0.3 is 0 Å². The number of allylic oxidation sites excluding steroid dienone is 1. The van der Waals surface area contributed by atoms with E-state index in [1.54, 1.807) is 7.05 Å². The molecule has 1 aliphatic carbocycles. The van der Waals surface area contributed by atoms with Gasteiger partial charge in [-0.3, -0.25) is 14.6 Å². The Kier molecular flexibility index (Phi) is 9.62. The smallest absolute Gasteiger partial charge is 0.230 e. The van der Waals surface area contributed by atoms with E-state index in [0.29, 0.717) is 23.1 Å². The van der Waals surface area contributed by atoms with Crippen LogP contribution in [-0.4, -0.2) is 34.2 Å². The fourth-order valence-electron chi connectivity index (χ4n) is 4.38. The molecule has 2 amide bonds. The molecule has 2 N–H and O–H groups in total. The molecule has 9 heteroatoms. The SMILES string of the molecule is C=C(SC(=NC)NC(=O)Cc1ccccc1)C1CCCC(c2nnc(NC(=O)Cc3ccccc3)s2)C1. The number of hydrogen-bond donors (Lipinski definition) is 2. The lowest BCUT2D eigenvalue weighted by Gasteiger charge is -2.28. The molecule has 4 rings (SSSR count). The van der Waals surface area contributed by atoms with Crippen molar-refractivity contribution in [2.24, 2.45) is 10.9 Å². The van der Waals surface area contributed by atoms with Crippen molar-refractivity contribution in [3.8, 4) is 0 Å². The number of amidine groups is 1. The number of rotatable bonds is 8. The summed E-state index contributed by atoms with van der Waals surface area (Å²) in [5.41, 5.74) is 1.92. The van der Waals surface area contributed by atoms with Crippen molar-refractivity contribution >= 4 is 45.2 Å². The number of hydrogen-bond acceptors (Lipinski definition) is 7. The summed E-state index contributed by atoms with van der Waals surface area (Å²) < 4.78 is 0. The van der Waals surface area contributed by atoms with E-state index in [2.05, 4.69) is 32.4 Å². The summed E-state index contributed by atoms with van der Waals surface area (Å²) in [7, 11) is 1.68. The molecule has 2 aromatic carbocycles. The Balaban J connectivity index is 1.28. The van der Waals surface area contributed by atoms with E-state index in [9.17, 15) is 9.59 Å². The number of nitrogens with one attached hydrogen (secondary N) is 2. The monoisotopic (exact) mass is 533 g/mol. The first-order chi connectivity index (χ1) is 18.0. The Morgan fingerprint density at radius 2 is 1.65 bits per heavy atom. The van der Waals surface area contributed by atoms with Gasteiger partial charge in [0.15, 0.2) is 5.17 Å². The van der Waals surface area contributed by atoms with E-state index < -0.39 is 0 Å². The molecule has 1 heterocycles. The van der Waals surface area contributed by atoms with E-state index in [1.165, 1.54) is 23.1 Å². The number of aliphatic imine (C=N–C) groups is 1. The maximum Gasteiger partial charge on any atom is 0.230 e. The quantitative estimate of drug-likeness (QED) is 0.291. The van der Waals surface area contributed by atoms with Crippen molar-refractivity contribution in [2.75, 3.05) is 12.4 Å². The molecule has 2 unspecified atom stereocenters. The van der Waals surface area contributed by atoms with E-state index in [1.807, 2.05) is 60.7 Å². The third-order valence-electron chi connectivity index (χ3n) is 6.26. The summed E-state index contributed by atoms with van der Waals surface area (Å²) >= 11 is 2.88. The first-order valence-electron chi connectivity index (χ1n) is 12.3. The van der Waals surface area contributed by atoms with Crippen molar-refractivity contribution in [1.29, 1.82) is 0 Å². The van der Waals surface area contributed by atoms with Gasteiger partial charge in [-0.1, -0.05) is 96.8 Å². The van der Waals surface area contributed by atoms with E-state index >= 15 is 0 Å². The summed E-state index contributed by atoms with van der Waals surface area (Å²) in [6.45, 7) is 4.31. The van der Waals surface area contributed by atoms with Crippen LogP contribution in [0, 0.1) is 5.92 Å². The van der Waals surface area contributed by atoms with Crippen molar-refractivity contribution < 1.29 is 9.59 Å². The predicted octanol–water partition coefficient (Wildman–Crippen LogP) is 5.58. The minimum Gasteiger partial charge on any atom is -0.305 e. The zero-order valence-electron chi connectivity index (χ0n) is 20.9. The molecule has 1 saturated carbocycles. The van der Waals surface area contributed by atoms with Gasteiger partial charge in [0.05, 0.1) is 12.8 Å². The average Bonchev–Trinajstić information content (AvgIpc) is 3.37. The van der Waals surface area contributed by atoms with Gasteiger partial charge in [-0.25, -0.2) is 0 Å². The number of benzene rings is 2. The summed E-state index contributed by atoms with van der Waals surface area (Å²) in [5, 5.41) is 16.4. The lowest BCUT2D eigenvalue weighted by atomic mass is 9.82. The van der Waals surface area contributed by atoms with Gasteiger partial charge in [-0.05, 0) is 41.2 Å². The van der Waals surface area contributed by atoms with Crippen LogP contribution in [-0.2, 0) is 22.4 Å². The molecule has 3 aromatic rings. The van der Waals surface area contributed by atoms with Crippen LogP contribution in [0.1, 0.15) is 47.7 Å². The Hall–Kier alpha value is -3.30. The molecule has 1 fully saturated rings. The predicted molar refractivity (Wildman–Crippen MR) is 152 cm³/mol. The lowest BCUT2D eigenvalue weighted by molar-refractivity contribution is -0.119. The number of amides is 2. The fourth-order valence-corrected chi connectivity index (χ4v) is 6.17. The zero-order valence-corrected chi connectivity index (χ0v) is 22.5. The van der Waals surface area contributed by atoms with Gasteiger partial charge in [-0.15, -0.1) is 10.2 Å². The second kappa shape index (κ2) is 13.3. The molecule has 0 spiro atoms. The largest absolute Gasteiger partial charge is 0.305 e. The first kappa shape index (κ1) is 26.8. The number of thioether (sulfide) groups is 1. The summed E-state index contributed by atoms with van der Waals surface area (Å²) in [4.78, 5) is 30.1. The van der Waals surface area contributed by atoms with E-state index in [4.69, 9.17) is 0 Å². The van der Waals surface area contributed by atoms with Crippen molar-refractivity contribution in [1.82, 2.24) is 15.5 Å². The van der Waals surface area contributed by atoms with Gasteiger partial charge in [0, 0.05) is 13.0 Å². The minimum atomic E-state index is -0.0964. The van der Waals surface area contributed by atoms with Crippen molar-refractivity contribution in [2.45, 2.75) is 44.4 Å². The second-order valence-corrected chi connectivity index (χ2v) is 11.1. The molecule has 0 aliphatic heterocycles. The van der Waals surface area contributed by atoms with Crippen LogP contribution in [0.3, 0.4) is 0 Å². The van der Waals surface area contributed by atoms with Crippen LogP contribution in [0.25, 0.3) is 0 Å². The highest BCUT2D eigenvalue weighted by atomic mass is 32.2. The normalized spacial score (nSPS) is 17.7. The lowest BCUT2D eigenvalue weighted by Crippen LogP contribution is -2.30. The topological polar surface area (TPSA) is 96.3 Å². The Morgan fingerprint density at radius 1 is 1.00 bits per heavy atom. The van der Waals surface area contributed by atoms with Crippen LogP contribution in [0.15, 0.2) is 77.1 Å². The van der Waals surface area contributed by atoms with E-state index in [-0.39, 0.29) is 23.7 Å². The number of carbonyl (C=O) groups is 2. The molecular formula is C28H31N5O2S2. The van der Waals surface area contributed by atoms with E-state index in [0.717, 1.165) is 46.7 Å². The van der Waals surface area contributed by atoms with Crippen LogP contribution >= 0.6 is 23.1 Å². The fraction of sp³-hybridized carbons (Fsp3) is 0.321. The molecule has 37 heavy (non-hydrogen) atoms. The molecule has 1 aliphatic rings. The molecule has 0 saturated heterocycles. The standard InChI is InChI=1S/C28H31N5O2S2/c1-19(36-27(29-2)30-24(34)16-20-10-5-3-6-11-20)22-14-9-15-23(18-22)26-32-33-28(37-26)31-25(35)17-21-12-7-4-8-13-21/h3-8,10-13,22-23H,1,9,14-18H2,2H3,(H,29,30,34)(H,31,33,35).